The Morgan fingerprint density at radius 3 is 2.71 bits per heavy atom. The first-order chi connectivity index (χ1) is 8.02. The van der Waals surface area contributed by atoms with Crippen molar-refractivity contribution >= 4 is 17.3 Å². The summed E-state index contributed by atoms with van der Waals surface area (Å²) in [5.74, 6) is -0.401. The summed E-state index contributed by atoms with van der Waals surface area (Å²) in [6.45, 7) is 1.77. The van der Waals surface area contributed by atoms with Gasteiger partial charge < -0.3 is 10.5 Å². The zero-order chi connectivity index (χ0) is 12.6. The molecule has 0 aliphatic heterocycles. The highest BCUT2D eigenvalue weighted by Gasteiger charge is 2.12. The lowest BCUT2D eigenvalue weighted by Crippen LogP contribution is -2.02. The highest BCUT2D eigenvalue weighted by Crippen LogP contribution is 2.27. The lowest BCUT2D eigenvalue weighted by Gasteiger charge is -2.09. The van der Waals surface area contributed by atoms with Crippen molar-refractivity contribution in [2.24, 2.45) is 0 Å². The molecule has 0 spiro atoms. The van der Waals surface area contributed by atoms with Crippen LogP contribution in [0.2, 0.25) is 5.02 Å². The molecule has 90 valence electrons. The fraction of sp³-hybridized carbons (Fsp3) is 0.182. The van der Waals surface area contributed by atoms with Gasteiger partial charge in [-0.05, 0) is 6.92 Å². The van der Waals surface area contributed by atoms with Gasteiger partial charge in [-0.25, -0.2) is 9.07 Å². The summed E-state index contributed by atoms with van der Waals surface area (Å²) >= 11 is 5.91. The smallest absolute Gasteiger partial charge is 0.167 e. The Hall–Kier alpha value is -1.75. The van der Waals surface area contributed by atoms with Crippen LogP contribution in [0.25, 0.3) is 5.69 Å². The molecule has 0 aliphatic rings. The number of hydrogen-bond acceptors (Lipinski definition) is 3. The second kappa shape index (κ2) is 4.25. The molecule has 0 radical (unpaired) electrons. The summed E-state index contributed by atoms with van der Waals surface area (Å²) in [7, 11) is 1.39. The van der Waals surface area contributed by atoms with Crippen molar-refractivity contribution in [3.8, 4) is 11.4 Å². The number of methoxy groups -OCH3 is 1. The highest BCUT2D eigenvalue weighted by atomic mass is 35.5. The minimum Gasteiger partial charge on any atom is -0.494 e. The molecular weight excluding hydrogens is 245 g/mol. The largest absolute Gasteiger partial charge is 0.494 e. The quantitative estimate of drug-likeness (QED) is 0.839. The number of nitrogens with zero attached hydrogens (tertiary/aromatic N) is 2. The lowest BCUT2D eigenvalue weighted by atomic mass is 10.2. The average Bonchev–Trinajstić information content (AvgIpc) is 2.59. The Morgan fingerprint density at radius 1 is 1.47 bits per heavy atom. The number of rotatable bonds is 2. The van der Waals surface area contributed by atoms with Crippen molar-refractivity contribution in [3.63, 3.8) is 0 Å². The molecule has 0 fully saturated rings. The Bertz CT molecular complexity index is 549. The third-order valence-electron chi connectivity index (χ3n) is 2.39. The van der Waals surface area contributed by atoms with Gasteiger partial charge in [0, 0.05) is 18.3 Å². The first kappa shape index (κ1) is 11.7. The molecular formula is C11H11ClFN3O. The van der Waals surface area contributed by atoms with Crippen LogP contribution in [0.5, 0.6) is 5.75 Å². The van der Waals surface area contributed by atoms with E-state index < -0.39 is 5.82 Å². The van der Waals surface area contributed by atoms with Crippen LogP contribution in [-0.2, 0) is 0 Å². The molecule has 0 unspecified atom stereocenters. The van der Waals surface area contributed by atoms with Crippen molar-refractivity contribution < 1.29 is 9.13 Å². The summed E-state index contributed by atoms with van der Waals surface area (Å²) in [6, 6.07) is 2.67. The molecule has 1 heterocycles. The number of benzene rings is 1. The van der Waals surface area contributed by atoms with Crippen LogP contribution in [0.4, 0.5) is 10.1 Å². The standard InChI is InChI=1S/C11H11ClFN3O/c1-6-7(12)5-16(15-6)10-4-11(17-2)8(13)3-9(10)14/h3-5H,14H2,1-2H3. The number of nitrogen functional groups attached to an aromatic ring is 1. The molecule has 0 bridgehead atoms. The molecule has 1 aromatic carbocycles. The number of aromatic nitrogens is 2. The Labute approximate surface area is 103 Å². The SMILES string of the molecule is COc1cc(-n2cc(Cl)c(C)n2)c(N)cc1F. The van der Waals surface area contributed by atoms with Crippen LogP contribution in [-0.4, -0.2) is 16.9 Å². The highest BCUT2D eigenvalue weighted by molar-refractivity contribution is 6.31. The fourth-order valence-corrected chi connectivity index (χ4v) is 1.61. The van der Waals surface area contributed by atoms with Gasteiger partial charge in [0.1, 0.15) is 0 Å². The number of halogens is 2. The van der Waals surface area contributed by atoms with Crippen LogP contribution >= 0.6 is 11.6 Å². The van der Waals surface area contributed by atoms with Crippen LogP contribution < -0.4 is 10.5 Å². The van der Waals surface area contributed by atoms with E-state index in [1.807, 2.05) is 0 Å². The molecule has 1 aromatic heterocycles. The predicted molar refractivity (Wildman–Crippen MR) is 64.2 cm³/mol. The molecule has 6 heteroatoms. The number of anilines is 1. The monoisotopic (exact) mass is 255 g/mol. The summed E-state index contributed by atoms with van der Waals surface area (Å²) in [5.41, 5.74) is 7.20. The maximum Gasteiger partial charge on any atom is 0.167 e. The van der Waals surface area contributed by atoms with Gasteiger partial charge in [-0.3, -0.25) is 0 Å². The van der Waals surface area contributed by atoms with E-state index in [2.05, 4.69) is 5.10 Å². The molecule has 17 heavy (non-hydrogen) atoms. The van der Waals surface area contributed by atoms with Gasteiger partial charge in [0.2, 0.25) is 0 Å². The van der Waals surface area contributed by atoms with E-state index in [0.29, 0.717) is 16.4 Å². The second-order valence-electron chi connectivity index (χ2n) is 3.55. The first-order valence-corrected chi connectivity index (χ1v) is 5.26. The lowest BCUT2D eigenvalue weighted by molar-refractivity contribution is 0.386. The van der Waals surface area contributed by atoms with Crippen molar-refractivity contribution in [1.29, 1.82) is 0 Å². The van der Waals surface area contributed by atoms with Crippen molar-refractivity contribution in [2.45, 2.75) is 6.92 Å². The van der Waals surface area contributed by atoms with Gasteiger partial charge in [0.05, 0.1) is 29.2 Å². The van der Waals surface area contributed by atoms with E-state index in [0.717, 1.165) is 0 Å². The molecule has 0 amide bonds. The van der Waals surface area contributed by atoms with Gasteiger partial charge in [-0.2, -0.15) is 5.10 Å². The summed E-state index contributed by atoms with van der Waals surface area (Å²) in [5, 5.41) is 4.69. The van der Waals surface area contributed by atoms with Gasteiger partial charge in [-0.15, -0.1) is 0 Å². The zero-order valence-electron chi connectivity index (χ0n) is 9.37. The maximum absolute atomic E-state index is 13.4. The van der Waals surface area contributed by atoms with E-state index in [-0.39, 0.29) is 11.4 Å². The van der Waals surface area contributed by atoms with E-state index in [9.17, 15) is 4.39 Å². The number of hydrogen-bond donors (Lipinski definition) is 1. The summed E-state index contributed by atoms with van der Waals surface area (Å²) in [6.07, 6.45) is 1.61. The maximum atomic E-state index is 13.4. The first-order valence-electron chi connectivity index (χ1n) is 4.88. The summed E-state index contributed by atoms with van der Waals surface area (Å²) < 4.78 is 19.8. The molecule has 2 aromatic rings. The topological polar surface area (TPSA) is 53.1 Å². The van der Waals surface area contributed by atoms with E-state index >= 15 is 0 Å². The Balaban J connectivity index is 2.58. The van der Waals surface area contributed by atoms with Gasteiger partial charge >= 0.3 is 0 Å². The van der Waals surface area contributed by atoms with Gasteiger partial charge in [-0.1, -0.05) is 11.6 Å². The number of ether oxygens (including phenoxy) is 1. The molecule has 0 atom stereocenters. The normalized spacial score (nSPS) is 10.6. The minimum absolute atomic E-state index is 0.110. The zero-order valence-corrected chi connectivity index (χ0v) is 10.1. The van der Waals surface area contributed by atoms with Crippen molar-refractivity contribution in [3.05, 3.63) is 34.9 Å². The average molecular weight is 256 g/mol. The van der Waals surface area contributed by atoms with E-state index in [4.69, 9.17) is 22.1 Å². The van der Waals surface area contributed by atoms with E-state index in [1.54, 1.807) is 13.1 Å². The fourth-order valence-electron chi connectivity index (χ4n) is 1.48. The molecule has 2 N–H and O–H groups in total. The van der Waals surface area contributed by atoms with Gasteiger partial charge in [0.25, 0.3) is 0 Å². The number of nitrogens with two attached hydrogens (primary N) is 1. The van der Waals surface area contributed by atoms with Crippen molar-refractivity contribution in [1.82, 2.24) is 9.78 Å². The second-order valence-corrected chi connectivity index (χ2v) is 3.96. The Kier molecular flexibility index (Phi) is 2.93. The van der Waals surface area contributed by atoms with Crippen molar-refractivity contribution in [2.75, 3.05) is 12.8 Å². The van der Waals surface area contributed by atoms with E-state index in [1.165, 1.54) is 23.9 Å². The van der Waals surface area contributed by atoms with Crippen LogP contribution in [0.15, 0.2) is 18.3 Å². The third kappa shape index (κ3) is 2.06. The minimum atomic E-state index is -0.510. The Morgan fingerprint density at radius 2 is 2.18 bits per heavy atom. The number of aryl methyl sites for hydroxylation is 1. The molecule has 2 rings (SSSR count). The van der Waals surface area contributed by atoms with Crippen LogP contribution in [0.3, 0.4) is 0 Å². The predicted octanol–water partition coefficient (Wildman–Crippen LogP) is 2.56. The molecule has 0 aliphatic carbocycles. The molecule has 0 saturated carbocycles. The van der Waals surface area contributed by atoms with Gasteiger partial charge in [0.15, 0.2) is 11.6 Å². The third-order valence-corrected chi connectivity index (χ3v) is 2.76. The van der Waals surface area contributed by atoms with Crippen LogP contribution in [0.1, 0.15) is 5.69 Å². The van der Waals surface area contributed by atoms with Crippen LogP contribution in [0, 0.1) is 12.7 Å². The molecule has 0 saturated heterocycles. The molecule has 4 nitrogen and oxygen atoms in total. The summed E-state index contributed by atoms with van der Waals surface area (Å²) in [4.78, 5) is 0.